The lowest BCUT2D eigenvalue weighted by atomic mass is 10.0. The molecule has 2 aromatic rings. The first-order valence-corrected chi connectivity index (χ1v) is 5.18. The molecule has 76 valence electrons. The van der Waals surface area contributed by atoms with Crippen molar-refractivity contribution in [2.75, 3.05) is 0 Å². The summed E-state index contributed by atoms with van der Waals surface area (Å²) in [6.07, 6.45) is 4.66. The van der Waals surface area contributed by atoms with Crippen LogP contribution in [-0.4, -0.2) is 9.97 Å². The third-order valence-corrected chi connectivity index (χ3v) is 2.46. The number of aromatic nitrogens is 2. The first-order chi connectivity index (χ1) is 7.31. The summed E-state index contributed by atoms with van der Waals surface area (Å²) in [7, 11) is 0. The van der Waals surface area contributed by atoms with Crippen molar-refractivity contribution in [1.82, 2.24) is 9.97 Å². The maximum Gasteiger partial charge on any atom is 0.0888 e. The van der Waals surface area contributed by atoms with Crippen LogP contribution in [-0.2, 0) is 6.42 Å². The number of benzene rings is 1. The topological polar surface area (TPSA) is 25.8 Å². The zero-order valence-electron chi connectivity index (χ0n) is 9.07. The van der Waals surface area contributed by atoms with Gasteiger partial charge in [-0.3, -0.25) is 9.97 Å². The Labute approximate surface area is 90.0 Å². The highest BCUT2D eigenvalue weighted by atomic mass is 14.8. The molecule has 0 aliphatic heterocycles. The molecule has 0 saturated carbocycles. The quantitative estimate of drug-likeness (QED) is 0.741. The van der Waals surface area contributed by atoms with Crippen molar-refractivity contribution in [2.24, 2.45) is 0 Å². The van der Waals surface area contributed by atoms with Crippen LogP contribution in [0.15, 0.2) is 36.7 Å². The van der Waals surface area contributed by atoms with Crippen LogP contribution in [0.1, 0.15) is 18.2 Å². The molecule has 1 aromatic carbocycles. The third-order valence-electron chi connectivity index (χ3n) is 2.46. The molecule has 15 heavy (non-hydrogen) atoms. The van der Waals surface area contributed by atoms with Crippen LogP contribution >= 0.6 is 0 Å². The molecule has 0 amide bonds. The molecule has 2 heteroatoms. The lowest BCUT2D eigenvalue weighted by molar-refractivity contribution is 1.10. The predicted octanol–water partition coefficient (Wildman–Crippen LogP) is 3.01. The lowest BCUT2D eigenvalue weighted by Gasteiger charge is -2.06. The summed E-state index contributed by atoms with van der Waals surface area (Å²) in [5.41, 5.74) is 4.41. The second kappa shape index (κ2) is 4.22. The van der Waals surface area contributed by atoms with Crippen molar-refractivity contribution in [3.63, 3.8) is 0 Å². The average Bonchev–Trinajstić information content (AvgIpc) is 2.30. The molecule has 0 saturated heterocycles. The number of aryl methyl sites for hydroxylation is 2. The van der Waals surface area contributed by atoms with Crippen molar-refractivity contribution in [3.05, 3.63) is 47.9 Å². The van der Waals surface area contributed by atoms with Crippen molar-refractivity contribution >= 4 is 0 Å². The summed E-state index contributed by atoms with van der Waals surface area (Å²) >= 11 is 0. The number of hydrogen-bond acceptors (Lipinski definition) is 2. The highest BCUT2D eigenvalue weighted by Crippen LogP contribution is 2.21. The summed E-state index contributed by atoms with van der Waals surface area (Å²) in [5, 5.41) is 0. The van der Waals surface area contributed by atoms with Crippen molar-refractivity contribution in [3.8, 4) is 11.3 Å². The summed E-state index contributed by atoms with van der Waals surface area (Å²) in [6, 6.07) is 8.33. The van der Waals surface area contributed by atoms with E-state index in [1.54, 1.807) is 0 Å². The fourth-order valence-electron chi connectivity index (χ4n) is 1.61. The second-order valence-electron chi connectivity index (χ2n) is 3.55. The molecule has 0 spiro atoms. The maximum atomic E-state index is 4.39. The molecule has 0 fully saturated rings. The van der Waals surface area contributed by atoms with Crippen LogP contribution in [0.5, 0.6) is 0 Å². The highest BCUT2D eigenvalue weighted by molar-refractivity contribution is 5.62. The highest BCUT2D eigenvalue weighted by Gasteiger charge is 2.03. The van der Waals surface area contributed by atoms with Crippen molar-refractivity contribution in [2.45, 2.75) is 20.3 Å². The normalized spacial score (nSPS) is 10.3. The van der Waals surface area contributed by atoms with Gasteiger partial charge in [-0.1, -0.05) is 31.2 Å². The zero-order chi connectivity index (χ0) is 10.7. The summed E-state index contributed by atoms with van der Waals surface area (Å²) in [5.74, 6) is 0. The van der Waals surface area contributed by atoms with E-state index in [-0.39, 0.29) is 0 Å². The minimum atomic E-state index is 0.952. The minimum Gasteiger partial charge on any atom is -0.258 e. The van der Waals surface area contributed by atoms with Gasteiger partial charge in [-0.15, -0.1) is 0 Å². The van der Waals surface area contributed by atoms with E-state index in [4.69, 9.17) is 0 Å². The number of hydrogen-bond donors (Lipinski definition) is 0. The summed E-state index contributed by atoms with van der Waals surface area (Å²) in [4.78, 5) is 8.66. The van der Waals surface area contributed by atoms with Gasteiger partial charge in [0.25, 0.3) is 0 Å². The Morgan fingerprint density at radius 1 is 1.07 bits per heavy atom. The van der Waals surface area contributed by atoms with Gasteiger partial charge in [0, 0.05) is 11.8 Å². The monoisotopic (exact) mass is 198 g/mol. The Morgan fingerprint density at radius 2 is 1.87 bits per heavy atom. The molecule has 2 nitrogen and oxygen atoms in total. The van der Waals surface area contributed by atoms with Crippen LogP contribution in [0.25, 0.3) is 11.3 Å². The van der Waals surface area contributed by atoms with Gasteiger partial charge >= 0.3 is 0 Å². The van der Waals surface area contributed by atoms with Gasteiger partial charge in [-0.05, 0) is 18.9 Å². The van der Waals surface area contributed by atoms with Crippen LogP contribution < -0.4 is 0 Å². The molecular formula is C13H14N2. The Morgan fingerprint density at radius 3 is 2.53 bits per heavy atom. The zero-order valence-corrected chi connectivity index (χ0v) is 9.07. The molecule has 1 aromatic heterocycles. The van der Waals surface area contributed by atoms with Crippen molar-refractivity contribution in [1.29, 1.82) is 0 Å². The Kier molecular flexibility index (Phi) is 2.77. The molecule has 0 aliphatic rings. The average molecular weight is 198 g/mol. The fourth-order valence-corrected chi connectivity index (χ4v) is 1.61. The van der Waals surface area contributed by atoms with E-state index in [1.807, 2.05) is 25.4 Å². The molecule has 0 bridgehead atoms. The Hall–Kier alpha value is -1.70. The molecule has 0 N–H and O–H groups in total. The second-order valence-corrected chi connectivity index (χ2v) is 3.55. The minimum absolute atomic E-state index is 0.952. The maximum absolute atomic E-state index is 4.39. The molecule has 2 rings (SSSR count). The van der Waals surface area contributed by atoms with Crippen LogP contribution in [0.2, 0.25) is 0 Å². The van der Waals surface area contributed by atoms with E-state index in [1.165, 1.54) is 11.1 Å². The van der Waals surface area contributed by atoms with Gasteiger partial charge in [-0.25, -0.2) is 0 Å². The van der Waals surface area contributed by atoms with Gasteiger partial charge in [0.15, 0.2) is 0 Å². The van der Waals surface area contributed by atoms with E-state index in [0.717, 1.165) is 17.8 Å². The van der Waals surface area contributed by atoms with Gasteiger partial charge < -0.3 is 0 Å². The molecule has 0 radical (unpaired) electrons. The molecule has 0 atom stereocenters. The molecule has 0 unspecified atom stereocenters. The van der Waals surface area contributed by atoms with Gasteiger partial charge in [0.1, 0.15) is 0 Å². The first-order valence-electron chi connectivity index (χ1n) is 5.18. The van der Waals surface area contributed by atoms with Crippen LogP contribution in [0, 0.1) is 6.92 Å². The van der Waals surface area contributed by atoms with E-state index >= 15 is 0 Å². The largest absolute Gasteiger partial charge is 0.258 e. The lowest BCUT2D eigenvalue weighted by Crippen LogP contribution is -1.92. The first kappa shape index (κ1) is 9.84. The van der Waals surface area contributed by atoms with E-state index in [2.05, 4.69) is 35.1 Å². The van der Waals surface area contributed by atoms with E-state index in [9.17, 15) is 0 Å². The summed E-state index contributed by atoms with van der Waals surface area (Å²) in [6.45, 7) is 4.10. The van der Waals surface area contributed by atoms with Gasteiger partial charge in [0.2, 0.25) is 0 Å². The number of nitrogens with zero attached hydrogens (tertiary/aromatic N) is 2. The Balaban J connectivity index is 2.49. The standard InChI is InChI=1S/C13H14N2/c1-3-11-6-4-5-7-12(11)13-9-14-10(2)8-15-13/h4-9H,3H2,1-2H3. The van der Waals surface area contributed by atoms with E-state index in [0.29, 0.717) is 0 Å². The summed E-state index contributed by atoms with van der Waals surface area (Å²) < 4.78 is 0. The Bertz CT molecular complexity index is 446. The predicted molar refractivity (Wildman–Crippen MR) is 61.6 cm³/mol. The van der Waals surface area contributed by atoms with E-state index < -0.39 is 0 Å². The van der Waals surface area contributed by atoms with Gasteiger partial charge in [-0.2, -0.15) is 0 Å². The third kappa shape index (κ3) is 2.04. The van der Waals surface area contributed by atoms with Gasteiger partial charge in [0.05, 0.1) is 17.6 Å². The van der Waals surface area contributed by atoms with Crippen LogP contribution in [0.4, 0.5) is 0 Å². The number of rotatable bonds is 2. The molecular weight excluding hydrogens is 184 g/mol. The molecule has 0 aliphatic carbocycles. The SMILES string of the molecule is CCc1ccccc1-c1cnc(C)cn1. The van der Waals surface area contributed by atoms with Crippen LogP contribution in [0.3, 0.4) is 0 Å². The smallest absolute Gasteiger partial charge is 0.0888 e. The molecule has 1 heterocycles. The van der Waals surface area contributed by atoms with Crippen molar-refractivity contribution < 1.29 is 0 Å². The fraction of sp³-hybridized carbons (Fsp3) is 0.231.